The first kappa shape index (κ1) is 14.1. The Morgan fingerprint density at radius 1 is 1.06 bits per heavy atom. The Labute approximate surface area is 91.0 Å². The van der Waals surface area contributed by atoms with E-state index in [1.807, 2.05) is 0 Å². The van der Waals surface area contributed by atoms with E-state index in [-0.39, 0.29) is 12.8 Å². The van der Waals surface area contributed by atoms with Gasteiger partial charge in [0.1, 0.15) is 5.92 Å². The summed E-state index contributed by atoms with van der Waals surface area (Å²) in [6.45, 7) is 0. The van der Waals surface area contributed by atoms with Crippen molar-refractivity contribution < 1.29 is 41.4 Å². The summed E-state index contributed by atoms with van der Waals surface area (Å²) in [6.07, 6.45) is -12.3. The highest BCUT2D eigenvalue weighted by atomic mass is 19.4. The Morgan fingerprint density at radius 2 is 1.41 bits per heavy atom. The molecule has 9 heteroatoms. The molecular formula is C8H8F6O3. The molecule has 0 radical (unpaired) electrons. The average molecular weight is 266 g/mol. The van der Waals surface area contributed by atoms with Crippen LogP contribution >= 0.6 is 0 Å². The standard InChI is InChI=1S/C8H8F6O3/c9-7(10,11)6(17,8(12,13)14)4(5(15)16)3-1-2-3/h3-4,17H,1-2H2,(H,15,16). The lowest BCUT2D eigenvalue weighted by atomic mass is 9.82. The van der Waals surface area contributed by atoms with Gasteiger partial charge in [0.25, 0.3) is 5.60 Å². The Hall–Kier alpha value is -0.990. The number of aliphatic carboxylic acids is 1. The van der Waals surface area contributed by atoms with E-state index < -0.39 is 35.8 Å². The molecule has 1 aliphatic carbocycles. The quantitative estimate of drug-likeness (QED) is 0.767. The second kappa shape index (κ2) is 3.76. The second-order valence-corrected chi connectivity index (χ2v) is 3.92. The van der Waals surface area contributed by atoms with Gasteiger partial charge in [-0.15, -0.1) is 0 Å². The van der Waals surface area contributed by atoms with E-state index in [1.165, 1.54) is 0 Å². The number of hydrogen-bond donors (Lipinski definition) is 2. The summed E-state index contributed by atoms with van der Waals surface area (Å²) in [4.78, 5) is 10.6. The summed E-state index contributed by atoms with van der Waals surface area (Å²) in [5, 5.41) is 17.4. The third-order valence-electron chi connectivity index (χ3n) is 2.67. The second-order valence-electron chi connectivity index (χ2n) is 3.92. The van der Waals surface area contributed by atoms with E-state index in [0.717, 1.165) is 0 Å². The van der Waals surface area contributed by atoms with Crippen molar-refractivity contribution in [2.75, 3.05) is 0 Å². The van der Waals surface area contributed by atoms with Gasteiger partial charge in [-0.25, -0.2) is 0 Å². The van der Waals surface area contributed by atoms with Gasteiger partial charge in [0.05, 0.1) is 0 Å². The Balaban J connectivity index is 3.27. The van der Waals surface area contributed by atoms with E-state index in [9.17, 15) is 31.1 Å². The van der Waals surface area contributed by atoms with Crippen LogP contribution in [-0.2, 0) is 4.79 Å². The minimum Gasteiger partial charge on any atom is -0.481 e. The molecule has 3 nitrogen and oxygen atoms in total. The molecule has 0 spiro atoms. The lowest BCUT2D eigenvalue weighted by molar-refractivity contribution is -0.383. The molecule has 1 saturated carbocycles. The first-order valence-corrected chi connectivity index (χ1v) is 4.51. The molecule has 1 aliphatic rings. The molecule has 1 atom stereocenters. The van der Waals surface area contributed by atoms with Crippen molar-refractivity contribution in [2.45, 2.75) is 30.8 Å². The zero-order valence-electron chi connectivity index (χ0n) is 8.14. The number of alkyl halides is 6. The summed E-state index contributed by atoms with van der Waals surface area (Å²) in [5.41, 5.74) is -5.20. The predicted molar refractivity (Wildman–Crippen MR) is 40.9 cm³/mol. The molecule has 0 aromatic carbocycles. The number of aliphatic hydroxyl groups is 1. The highest BCUT2D eigenvalue weighted by molar-refractivity contribution is 5.73. The van der Waals surface area contributed by atoms with Gasteiger partial charge in [0, 0.05) is 0 Å². The molecule has 0 aliphatic heterocycles. The first-order valence-electron chi connectivity index (χ1n) is 4.51. The monoisotopic (exact) mass is 266 g/mol. The van der Waals surface area contributed by atoms with Gasteiger partial charge in [-0.3, -0.25) is 4.79 Å². The SMILES string of the molecule is O=C(O)C(C1CC1)C(O)(C(F)(F)F)C(F)(F)F. The van der Waals surface area contributed by atoms with Crippen molar-refractivity contribution in [3.05, 3.63) is 0 Å². The van der Waals surface area contributed by atoms with E-state index in [0.29, 0.717) is 0 Å². The highest BCUT2D eigenvalue weighted by Gasteiger charge is 2.77. The third-order valence-corrected chi connectivity index (χ3v) is 2.67. The number of carboxylic acid groups (broad SMARTS) is 1. The van der Waals surface area contributed by atoms with Gasteiger partial charge in [0.2, 0.25) is 0 Å². The first-order chi connectivity index (χ1) is 7.43. The van der Waals surface area contributed by atoms with Crippen LogP contribution in [-0.4, -0.2) is 34.1 Å². The number of carboxylic acids is 1. The number of hydrogen-bond acceptors (Lipinski definition) is 2. The van der Waals surface area contributed by atoms with Gasteiger partial charge < -0.3 is 10.2 Å². The minimum atomic E-state index is -6.09. The summed E-state index contributed by atoms with van der Waals surface area (Å²) in [7, 11) is 0. The van der Waals surface area contributed by atoms with Crippen LogP contribution < -0.4 is 0 Å². The van der Waals surface area contributed by atoms with Crippen molar-refractivity contribution in [3.63, 3.8) is 0 Å². The summed E-state index contributed by atoms with van der Waals surface area (Å²) in [6, 6.07) is 0. The zero-order chi connectivity index (χ0) is 13.6. The number of carbonyl (C=O) groups is 1. The molecule has 1 unspecified atom stereocenters. The van der Waals surface area contributed by atoms with Crippen LogP contribution in [0.4, 0.5) is 26.3 Å². The van der Waals surface area contributed by atoms with Crippen molar-refractivity contribution in [2.24, 2.45) is 11.8 Å². The number of rotatable bonds is 3. The molecule has 100 valence electrons. The molecular weight excluding hydrogens is 258 g/mol. The van der Waals surface area contributed by atoms with E-state index in [2.05, 4.69) is 0 Å². The van der Waals surface area contributed by atoms with Crippen LogP contribution in [0.15, 0.2) is 0 Å². The summed E-state index contributed by atoms with van der Waals surface area (Å²) >= 11 is 0. The fourth-order valence-corrected chi connectivity index (χ4v) is 1.66. The number of halogens is 6. The Bertz CT molecular complexity index is 302. The molecule has 1 rings (SSSR count). The van der Waals surface area contributed by atoms with Crippen LogP contribution in [0.3, 0.4) is 0 Å². The van der Waals surface area contributed by atoms with Gasteiger partial charge >= 0.3 is 18.3 Å². The smallest absolute Gasteiger partial charge is 0.427 e. The van der Waals surface area contributed by atoms with E-state index in [1.54, 1.807) is 0 Å². The maximum Gasteiger partial charge on any atom is 0.427 e. The van der Waals surface area contributed by atoms with Crippen LogP contribution in [0.1, 0.15) is 12.8 Å². The predicted octanol–water partition coefficient (Wildman–Crippen LogP) is 1.95. The third kappa shape index (κ3) is 2.20. The van der Waals surface area contributed by atoms with Crippen molar-refractivity contribution >= 4 is 5.97 Å². The maximum atomic E-state index is 12.4. The zero-order valence-corrected chi connectivity index (χ0v) is 8.14. The molecule has 0 heterocycles. The average Bonchev–Trinajstić information content (AvgIpc) is 2.83. The van der Waals surface area contributed by atoms with Gasteiger partial charge in [-0.2, -0.15) is 26.3 Å². The summed E-state index contributed by atoms with van der Waals surface area (Å²) < 4.78 is 74.2. The Kier molecular flexibility index (Phi) is 3.11. The van der Waals surface area contributed by atoms with Crippen LogP contribution in [0.25, 0.3) is 0 Å². The van der Waals surface area contributed by atoms with Crippen molar-refractivity contribution in [3.8, 4) is 0 Å². The fraction of sp³-hybridized carbons (Fsp3) is 0.875. The van der Waals surface area contributed by atoms with Crippen LogP contribution in [0.5, 0.6) is 0 Å². The maximum absolute atomic E-state index is 12.4. The largest absolute Gasteiger partial charge is 0.481 e. The lowest BCUT2D eigenvalue weighted by Crippen LogP contribution is -2.64. The van der Waals surface area contributed by atoms with Gasteiger partial charge in [0.15, 0.2) is 0 Å². The lowest BCUT2D eigenvalue weighted by Gasteiger charge is -2.36. The van der Waals surface area contributed by atoms with Gasteiger partial charge in [-0.1, -0.05) is 0 Å². The van der Waals surface area contributed by atoms with Crippen LogP contribution in [0.2, 0.25) is 0 Å². The Morgan fingerprint density at radius 3 is 1.59 bits per heavy atom. The van der Waals surface area contributed by atoms with E-state index >= 15 is 0 Å². The van der Waals surface area contributed by atoms with E-state index in [4.69, 9.17) is 10.2 Å². The fourth-order valence-electron chi connectivity index (χ4n) is 1.66. The van der Waals surface area contributed by atoms with Crippen molar-refractivity contribution in [1.29, 1.82) is 0 Å². The molecule has 0 aromatic heterocycles. The van der Waals surface area contributed by atoms with Crippen molar-refractivity contribution in [1.82, 2.24) is 0 Å². The van der Waals surface area contributed by atoms with Crippen LogP contribution in [0, 0.1) is 11.8 Å². The summed E-state index contributed by atoms with van der Waals surface area (Å²) in [5.74, 6) is -6.52. The topological polar surface area (TPSA) is 57.5 Å². The molecule has 17 heavy (non-hydrogen) atoms. The molecule has 0 bridgehead atoms. The van der Waals surface area contributed by atoms with Gasteiger partial charge in [-0.05, 0) is 18.8 Å². The molecule has 1 fully saturated rings. The molecule has 0 aromatic rings. The normalized spacial score (nSPS) is 20.2. The molecule has 0 amide bonds. The minimum absolute atomic E-state index is 0.0779. The molecule has 2 N–H and O–H groups in total. The highest BCUT2D eigenvalue weighted by Crippen LogP contribution is 2.54. The molecule has 0 saturated heterocycles.